The van der Waals surface area contributed by atoms with Crippen LogP contribution in [0.25, 0.3) is 0 Å². The van der Waals surface area contributed by atoms with Gasteiger partial charge in [-0.3, -0.25) is 4.79 Å². The van der Waals surface area contributed by atoms with Crippen LogP contribution < -0.4 is 4.74 Å². The highest BCUT2D eigenvalue weighted by molar-refractivity contribution is 5.67. The molecule has 0 heterocycles. The van der Waals surface area contributed by atoms with Crippen molar-refractivity contribution >= 4 is 5.97 Å². The lowest BCUT2D eigenvalue weighted by atomic mass is 10.1. The molecule has 110 valence electrons. The van der Waals surface area contributed by atoms with Crippen LogP contribution in [0.1, 0.15) is 23.1 Å². The first-order valence-corrected chi connectivity index (χ1v) is 6.73. The largest absolute Gasteiger partial charge is 0.489 e. The predicted octanol–water partition coefficient (Wildman–Crippen LogP) is 3.73. The van der Waals surface area contributed by atoms with E-state index in [1.165, 1.54) is 12.1 Å². The Labute approximate surface area is 123 Å². The zero-order chi connectivity index (χ0) is 15.2. The van der Waals surface area contributed by atoms with E-state index in [1.807, 2.05) is 31.2 Å². The third kappa shape index (κ3) is 4.60. The molecule has 0 spiro atoms. The maximum Gasteiger partial charge on any atom is 0.303 e. The normalized spacial score (nSPS) is 10.4. The summed E-state index contributed by atoms with van der Waals surface area (Å²) >= 11 is 0. The number of ether oxygens (including phenoxy) is 1. The van der Waals surface area contributed by atoms with E-state index in [0.717, 1.165) is 16.7 Å². The summed E-state index contributed by atoms with van der Waals surface area (Å²) in [4.78, 5) is 10.5. The second kappa shape index (κ2) is 6.88. The van der Waals surface area contributed by atoms with Gasteiger partial charge < -0.3 is 9.84 Å². The van der Waals surface area contributed by atoms with E-state index in [0.29, 0.717) is 18.8 Å². The monoisotopic (exact) mass is 288 g/mol. The first-order chi connectivity index (χ1) is 10.0. The van der Waals surface area contributed by atoms with Gasteiger partial charge in [-0.1, -0.05) is 30.3 Å². The van der Waals surface area contributed by atoms with Crippen molar-refractivity contribution in [2.24, 2.45) is 0 Å². The van der Waals surface area contributed by atoms with E-state index in [4.69, 9.17) is 9.84 Å². The summed E-state index contributed by atoms with van der Waals surface area (Å²) in [5, 5.41) is 8.64. The molecule has 0 aliphatic carbocycles. The van der Waals surface area contributed by atoms with E-state index in [-0.39, 0.29) is 12.2 Å². The zero-order valence-corrected chi connectivity index (χ0v) is 11.8. The second-order valence-corrected chi connectivity index (χ2v) is 4.91. The molecule has 2 aromatic carbocycles. The summed E-state index contributed by atoms with van der Waals surface area (Å²) in [6.45, 7) is 2.22. The molecule has 0 saturated heterocycles. The Morgan fingerprint density at radius 1 is 1.14 bits per heavy atom. The molecule has 0 aliphatic heterocycles. The molecule has 0 atom stereocenters. The third-order valence-electron chi connectivity index (χ3n) is 3.20. The standard InChI is InChI=1S/C17H17FO3/c1-12-2-8-15(18)10-16(12)21-11-14-5-3-13(4-6-14)7-9-17(19)20/h2-6,8,10H,7,9,11H2,1H3,(H,19,20). The third-order valence-corrected chi connectivity index (χ3v) is 3.20. The topological polar surface area (TPSA) is 46.5 Å². The Balaban J connectivity index is 1.94. The fourth-order valence-corrected chi connectivity index (χ4v) is 1.94. The minimum absolute atomic E-state index is 0.123. The highest BCUT2D eigenvalue weighted by Crippen LogP contribution is 2.20. The molecular weight excluding hydrogens is 271 g/mol. The number of halogens is 1. The lowest BCUT2D eigenvalue weighted by molar-refractivity contribution is -0.136. The zero-order valence-electron chi connectivity index (χ0n) is 11.8. The Hall–Kier alpha value is -2.36. The molecule has 2 aromatic rings. The molecule has 0 aliphatic rings. The molecule has 0 saturated carbocycles. The highest BCUT2D eigenvalue weighted by Gasteiger charge is 2.03. The van der Waals surface area contributed by atoms with Gasteiger partial charge in [0.25, 0.3) is 0 Å². The van der Waals surface area contributed by atoms with Crippen molar-refractivity contribution in [1.29, 1.82) is 0 Å². The second-order valence-electron chi connectivity index (χ2n) is 4.91. The van der Waals surface area contributed by atoms with Crippen LogP contribution in [0, 0.1) is 12.7 Å². The average Bonchev–Trinajstić information content (AvgIpc) is 2.47. The lowest BCUT2D eigenvalue weighted by Crippen LogP contribution is -1.99. The molecule has 0 unspecified atom stereocenters. The van der Waals surface area contributed by atoms with Gasteiger partial charge in [0, 0.05) is 12.5 Å². The van der Waals surface area contributed by atoms with Crippen LogP contribution in [0.5, 0.6) is 5.75 Å². The van der Waals surface area contributed by atoms with Crippen molar-refractivity contribution < 1.29 is 19.0 Å². The van der Waals surface area contributed by atoms with Crippen LogP contribution in [-0.2, 0) is 17.8 Å². The maximum atomic E-state index is 13.1. The summed E-state index contributed by atoms with van der Waals surface area (Å²) in [5.41, 5.74) is 2.82. The Bertz CT molecular complexity index is 620. The van der Waals surface area contributed by atoms with Crippen molar-refractivity contribution in [2.75, 3.05) is 0 Å². The molecule has 0 bridgehead atoms. The lowest BCUT2D eigenvalue weighted by Gasteiger charge is -2.09. The molecule has 0 amide bonds. The van der Waals surface area contributed by atoms with Crippen molar-refractivity contribution in [3.8, 4) is 5.75 Å². The molecule has 3 nitrogen and oxygen atoms in total. The fraction of sp³-hybridized carbons (Fsp3) is 0.235. The molecule has 4 heteroatoms. The van der Waals surface area contributed by atoms with Gasteiger partial charge in [0.15, 0.2) is 0 Å². The quantitative estimate of drug-likeness (QED) is 0.881. The van der Waals surface area contributed by atoms with Crippen molar-refractivity contribution in [1.82, 2.24) is 0 Å². The van der Waals surface area contributed by atoms with Crippen LogP contribution in [0.15, 0.2) is 42.5 Å². The number of carboxylic acid groups (broad SMARTS) is 1. The van der Waals surface area contributed by atoms with E-state index >= 15 is 0 Å². The van der Waals surface area contributed by atoms with Gasteiger partial charge in [0.1, 0.15) is 18.2 Å². The number of carbonyl (C=O) groups is 1. The molecule has 0 fully saturated rings. The molecule has 0 radical (unpaired) electrons. The molecule has 1 N–H and O–H groups in total. The fourth-order valence-electron chi connectivity index (χ4n) is 1.94. The highest BCUT2D eigenvalue weighted by atomic mass is 19.1. The maximum absolute atomic E-state index is 13.1. The summed E-state index contributed by atoms with van der Waals surface area (Å²) in [7, 11) is 0. The van der Waals surface area contributed by atoms with Crippen molar-refractivity contribution in [2.45, 2.75) is 26.4 Å². The minimum Gasteiger partial charge on any atom is -0.489 e. The van der Waals surface area contributed by atoms with Crippen LogP contribution in [0.2, 0.25) is 0 Å². The number of hydrogen-bond donors (Lipinski definition) is 1. The first kappa shape index (κ1) is 15.0. The van der Waals surface area contributed by atoms with E-state index in [9.17, 15) is 9.18 Å². The number of rotatable bonds is 6. The van der Waals surface area contributed by atoms with Gasteiger partial charge in [-0.2, -0.15) is 0 Å². The Morgan fingerprint density at radius 3 is 2.48 bits per heavy atom. The SMILES string of the molecule is Cc1ccc(F)cc1OCc1ccc(CCC(=O)O)cc1. The number of benzene rings is 2. The number of carboxylic acids is 1. The van der Waals surface area contributed by atoms with Gasteiger partial charge in [-0.15, -0.1) is 0 Å². The number of aliphatic carboxylic acids is 1. The molecular formula is C17H17FO3. The van der Waals surface area contributed by atoms with Gasteiger partial charge in [0.2, 0.25) is 0 Å². The van der Waals surface area contributed by atoms with E-state index in [1.54, 1.807) is 6.07 Å². The van der Waals surface area contributed by atoms with Crippen molar-refractivity contribution in [3.63, 3.8) is 0 Å². The average molecular weight is 288 g/mol. The first-order valence-electron chi connectivity index (χ1n) is 6.73. The van der Waals surface area contributed by atoms with Crippen LogP contribution in [0.4, 0.5) is 4.39 Å². The molecule has 2 rings (SSSR count). The smallest absolute Gasteiger partial charge is 0.303 e. The van der Waals surface area contributed by atoms with Gasteiger partial charge in [-0.05, 0) is 36.1 Å². The Morgan fingerprint density at radius 2 is 1.81 bits per heavy atom. The van der Waals surface area contributed by atoms with Gasteiger partial charge in [0.05, 0.1) is 0 Å². The van der Waals surface area contributed by atoms with Crippen molar-refractivity contribution in [3.05, 3.63) is 65.0 Å². The van der Waals surface area contributed by atoms with Gasteiger partial charge >= 0.3 is 5.97 Å². The number of aryl methyl sites for hydroxylation is 2. The van der Waals surface area contributed by atoms with Crippen LogP contribution in [0.3, 0.4) is 0 Å². The summed E-state index contributed by atoms with van der Waals surface area (Å²) in [6, 6.07) is 12.0. The molecule has 21 heavy (non-hydrogen) atoms. The Kier molecular flexibility index (Phi) is 4.93. The molecule has 0 aromatic heterocycles. The van der Waals surface area contributed by atoms with E-state index < -0.39 is 5.97 Å². The minimum atomic E-state index is -0.802. The van der Waals surface area contributed by atoms with E-state index in [2.05, 4.69) is 0 Å². The summed E-state index contributed by atoms with van der Waals surface area (Å²) in [6.07, 6.45) is 0.637. The van der Waals surface area contributed by atoms with Gasteiger partial charge in [-0.25, -0.2) is 4.39 Å². The summed E-state index contributed by atoms with van der Waals surface area (Å²) in [5.74, 6) is -0.589. The van der Waals surface area contributed by atoms with Crippen LogP contribution >= 0.6 is 0 Å². The predicted molar refractivity (Wildman–Crippen MR) is 77.9 cm³/mol. The summed E-state index contributed by atoms with van der Waals surface area (Å²) < 4.78 is 18.8. The number of hydrogen-bond acceptors (Lipinski definition) is 2. The van der Waals surface area contributed by atoms with Crippen LogP contribution in [-0.4, -0.2) is 11.1 Å².